The highest BCUT2D eigenvalue weighted by Gasteiger charge is 2.26. The SMILES string of the molecule is Cc1ccc(OCc2nnc(SC(C)C(=O)N3CCC(C)CC3)n2N)c(C)c1. The minimum absolute atomic E-state index is 0.132. The van der Waals surface area contributed by atoms with Gasteiger partial charge in [-0.3, -0.25) is 4.79 Å². The summed E-state index contributed by atoms with van der Waals surface area (Å²) in [5, 5.41) is 8.54. The van der Waals surface area contributed by atoms with Crippen LogP contribution in [0.1, 0.15) is 43.6 Å². The Kier molecular flexibility index (Phi) is 6.49. The van der Waals surface area contributed by atoms with E-state index in [4.69, 9.17) is 10.6 Å². The van der Waals surface area contributed by atoms with Gasteiger partial charge in [-0.15, -0.1) is 10.2 Å². The first kappa shape index (κ1) is 20.5. The zero-order valence-corrected chi connectivity index (χ0v) is 17.8. The van der Waals surface area contributed by atoms with Crippen LogP contribution in [0, 0.1) is 19.8 Å². The molecule has 0 bridgehead atoms. The van der Waals surface area contributed by atoms with E-state index in [2.05, 4.69) is 23.2 Å². The van der Waals surface area contributed by atoms with Crippen molar-refractivity contribution in [1.82, 2.24) is 19.8 Å². The number of piperidine rings is 1. The second kappa shape index (κ2) is 8.86. The molecule has 0 spiro atoms. The Labute approximate surface area is 170 Å². The van der Waals surface area contributed by atoms with E-state index < -0.39 is 0 Å². The lowest BCUT2D eigenvalue weighted by atomic mass is 9.99. The molecule has 1 aliphatic rings. The van der Waals surface area contributed by atoms with Gasteiger partial charge in [0, 0.05) is 13.1 Å². The molecule has 2 N–H and O–H groups in total. The summed E-state index contributed by atoms with van der Waals surface area (Å²) in [5.74, 6) is 8.29. The maximum atomic E-state index is 12.7. The minimum Gasteiger partial charge on any atom is -0.485 e. The van der Waals surface area contributed by atoms with Crippen molar-refractivity contribution in [1.29, 1.82) is 0 Å². The molecule has 1 fully saturated rings. The summed E-state index contributed by atoms with van der Waals surface area (Å²) in [4.78, 5) is 14.6. The molecule has 2 heterocycles. The van der Waals surface area contributed by atoms with Crippen LogP contribution in [0.3, 0.4) is 0 Å². The van der Waals surface area contributed by atoms with Crippen molar-refractivity contribution in [2.45, 2.75) is 57.5 Å². The fourth-order valence-electron chi connectivity index (χ4n) is 3.28. The summed E-state index contributed by atoms with van der Waals surface area (Å²) in [6.07, 6.45) is 2.13. The minimum atomic E-state index is -0.256. The number of benzene rings is 1. The number of nitrogens with zero attached hydrogens (tertiary/aromatic N) is 4. The molecule has 28 heavy (non-hydrogen) atoms. The van der Waals surface area contributed by atoms with Crippen LogP contribution in [0.4, 0.5) is 0 Å². The van der Waals surface area contributed by atoms with E-state index in [0.29, 0.717) is 16.9 Å². The zero-order valence-electron chi connectivity index (χ0n) is 17.0. The number of likely N-dealkylation sites (tertiary alicyclic amines) is 1. The largest absolute Gasteiger partial charge is 0.485 e. The Balaban J connectivity index is 1.58. The van der Waals surface area contributed by atoms with Crippen molar-refractivity contribution in [3.8, 4) is 5.75 Å². The number of carbonyl (C=O) groups excluding carboxylic acids is 1. The van der Waals surface area contributed by atoms with Crippen LogP contribution in [0.5, 0.6) is 5.75 Å². The van der Waals surface area contributed by atoms with E-state index in [9.17, 15) is 4.79 Å². The number of hydrogen-bond donors (Lipinski definition) is 1. The van der Waals surface area contributed by atoms with Gasteiger partial charge in [0.25, 0.3) is 0 Å². The lowest BCUT2D eigenvalue weighted by Gasteiger charge is -2.31. The predicted molar refractivity (Wildman–Crippen MR) is 111 cm³/mol. The lowest BCUT2D eigenvalue weighted by molar-refractivity contribution is -0.131. The third-order valence-corrected chi connectivity index (χ3v) is 6.19. The Morgan fingerprint density at radius 3 is 2.71 bits per heavy atom. The van der Waals surface area contributed by atoms with E-state index in [1.807, 2.05) is 37.8 Å². The van der Waals surface area contributed by atoms with Gasteiger partial charge in [-0.1, -0.05) is 36.4 Å². The molecule has 1 aromatic heterocycles. The number of carbonyl (C=O) groups is 1. The first-order valence-corrected chi connectivity index (χ1v) is 10.6. The molecule has 7 nitrogen and oxygen atoms in total. The van der Waals surface area contributed by atoms with E-state index in [-0.39, 0.29) is 17.8 Å². The Bertz CT molecular complexity index is 830. The molecule has 2 aromatic rings. The van der Waals surface area contributed by atoms with Crippen LogP contribution >= 0.6 is 11.8 Å². The molecule has 1 amide bonds. The molecular weight excluding hydrogens is 374 g/mol. The molecule has 0 aliphatic carbocycles. The van der Waals surface area contributed by atoms with Gasteiger partial charge in [0.15, 0.2) is 5.82 Å². The maximum absolute atomic E-state index is 12.7. The quantitative estimate of drug-likeness (QED) is 0.589. The number of thioether (sulfide) groups is 1. The van der Waals surface area contributed by atoms with Gasteiger partial charge >= 0.3 is 0 Å². The van der Waals surface area contributed by atoms with Crippen molar-refractivity contribution < 1.29 is 9.53 Å². The topological polar surface area (TPSA) is 86.3 Å². The normalized spacial score (nSPS) is 16.2. The second-order valence-corrected chi connectivity index (χ2v) is 8.90. The molecule has 1 saturated heterocycles. The van der Waals surface area contributed by atoms with Crippen molar-refractivity contribution >= 4 is 17.7 Å². The van der Waals surface area contributed by atoms with Crippen LogP contribution in [0.15, 0.2) is 23.4 Å². The van der Waals surface area contributed by atoms with Gasteiger partial charge in [0.2, 0.25) is 11.1 Å². The summed E-state index contributed by atoms with van der Waals surface area (Å²) < 4.78 is 7.25. The average Bonchev–Trinajstić information content (AvgIpc) is 3.01. The van der Waals surface area contributed by atoms with Gasteiger partial charge in [-0.25, -0.2) is 4.68 Å². The van der Waals surface area contributed by atoms with E-state index in [1.54, 1.807) is 0 Å². The number of amides is 1. The van der Waals surface area contributed by atoms with E-state index in [0.717, 1.165) is 37.2 Å². The van der Waals surface area contributed by atoms with Gasteiger partial charge in [-0.05, 0) is 51.2 Å². The predicted octanol–water partition coefficient (Wildman–Crippen LogP) is 2.93. The number of rotatable bonds is 6. The summed E-state index contributed by atoms with van der Waals surface area (Å²) in [6.45, 7) is 10.1. The molecule has 1 aliphatic heterocycles. The fraction of sp³-hybridized carbons (Fsp3) is 0.550. The fourth-order valence-corrected chi connectivity index (χ4v) is 4.16. The van der Waals surface area contributed by atoms with Gasteiger partial charge < -0.3 is 15.5 Å². The van der Waals surface area contributed by atoms with Crippen molar-refractivity contribution in [2.75, 3.05) is 18.9 Å². The van der Waals surface area contributed by atoms with Crippen molar-refractivity contribution in [3.05, 3.63) is 35.2 Å². The smallest absolute Gasteiger partial charge is 0.235 e. The van der Waals surface area contributed by atoms with Crippen LogP contribution in [-0.4, -0.2) is 44.0 Å². The average molecular weight is 404 g/mol. The molecule has 0 saturated carbocycles. The van der Waals surface area contributed by atoms with Crippen LogP contribution in [-0.2, 0) is 11.4 Å². The molecule has 0 radical (unpaired) electrons. The van der Waals surface area contributed by atoms with Gasteiger partial charge in [0.05, 0.1) is 5.25 Å². The molecule has 1 unspecified atom stereocenters. The number of nitrogen functional groups attached to an aromatic ring is 1. The summed E-state index contributed by atoms with van der Waals surface area (Å²) >= 11 is 1.34. The Hall–Kier alpha value is -2.22. The first-order valence-electron chi connectivity index (χ1n) is 9.70. The van der Waals surface area contributed by atoms with Gasteiger partial charge in [-0.2, -0.15) is 0 Å². The molecular formula is C20H29N5O2S. The third-order valence-electron chi connectivity index (χ3n) is 5.15. The number of ether oxygens (including phenoxy) is 1. The Morgan fingerprint density at radius 1 is 1.32 bits per heavy atom. The number of aromatic nitrogens is 3. The van der Waals surface area contributed by atoms with Crippen LogP contribution in [0.25, 0.3) is 0 Å². The number of hydrogen-bond acceptors (Lipinski definition) is 6. The highest BCUT2D eigenvalue weighted by atomic mass is 32.2. The third kappa shape index (κ3) is 4.79. The summed E-state index contributed by atoms with van der Waals surface area (Å²) in [7, 11) is 0. The highest BCUT2D eigenvalue weighted by Crippen LogP contribution is 2.25. The molecule has 1 atom stereocenters. The van der Waals surface area contributed by atoms with Crippen molar-refractivity contribution in [2.24, 2.45) is 5.92 Å². The monoisotopic (exact) mass is 403 g/mol. The molecule has 3 rings (SSSR count). The van der Waals surface area contributed by atoms with E-state index >= 15 is 0 Å². The first-order chi connectivity index (χ1) is 13.3. The van der Waals surface area contributed by atoms with E-state index in [1.165, 1.54) is 22.0 Å². The Morgan fingerprint density at radius 2 is 2.04 bits per heavy atom. The van der Waals surface area contributed by atoms with Crippen molar-refractivity contribution in [3.63, 3.8) is 0 Å². The second-order valence-electron chi connectivity index (χ2n) is 7.59. The lowest BCUT2D eigenvalue weighted by Crippen LogP contribution is -2.41. The summed E-state index contributed by atoms with van der Waals surface area (Å²) in [5.41, 5.74) is 2.25. The molecule has 8 heteroatoms. The molecule has 1 aromatic carbocycles. The number of nitrogens with two attached hydrogens (primary N) is 1. The number of aryl methyl sites for hydroxylation is 2. The maximum Gasteiger partial charge on any atom is 0.235 e. The zero-order chi connectivity index (χ0) is 20.3. The van der Waals surface area contributed by atoms with Crippen LogP contribution in [0.2, 0.25) is 0 Å². The standard InChI is InChI=1S/C20H29N5O2S/c1-13-7-9-24(10-8-13)19(26)16(4)28-20-23-22-18(25(20)21)12-27-17-6-5-14(2)11-15(17)3/h5-6,11,13,16H,7-10,12,21H2,1-4H3. The molecule has 152 valence electrons. The van der Waals surface area contributed by atoms with Crippen LogP contribution < -0.4 is 10.6 Å². The van der Waals surface area contributed by atoms with Gasteiger partial charge in [0.1, 0.15) is 12.4 Å². The highest BCUT2D eigenvalue weighted by molar-refractivity contribution is 8.00. The summed E-state index contributed by atoms with van der Waals surface area (Å²) in [6, 6.07) is 6.02.